The molecule has 0 radical (unpaired) electrons. The van der Waals surface area contributed by atoms with Gasteiger partial charge in [0.2, 0.25) is 0 Å². The van der Waals surface area contributed by atoms with Gasteiger partial charge in [0.25, 0.3) is 0 Å². The van der Waals surface area contributed by atoms with Crippen molar-refractivity contribution in [3.8, 4) is 6.07 Å². The summed E-state index contributed by atoms with van der Waals surface area (Å²) in [6.45, 7) is 0.487. The minimum atomic E-state index is -2.25. The summed E-state index contributed by atoms with van der Waals surface area (Å²) in [6.07, 6.45) is 2.27. The largest absolute Gasteiger partial charge is 1.00 e. The van der Waals surface area contributed by atoms with Crippen molar-refractivity contribution in [3.05, 3.63) is 97.2 Å². The lowest BCUT2D eigenvalue weighted by molar-refractivity contribution is -0.00000596. The second-order valence-electron chi connectivity index (χ2n) is 6.72. The fourth-order valence-corrected chi connectivity index (χ4v) is 8.07. The number of anilines is 1. The highest BCUT2D eigenvalue weighted by Gasteiger charge is 2.50. The van der Waals surface area contributed by atoms with Gasteiger partial charge >= 0.3 is 0 Å². The minimum absolute atomic E-state index is 0. The summed E-state index contributed by atoms with van der Waals surface area (Å²) in [7, 11) is -2.25. The number of aryl methyl sites for hydroxylation is 1. The van der Waals surface area contributed by atoms with Crippen LogP contribution in [0.3, 0.4) is 0 Å². The molecule has 150 valence electrons. The van der Waals surface area contributed by atoms with E-state index in [-0.39, 0.29) is 24.0 Å². The van der Waals surface area contributed by atoms with E-state index in [4.69, 9.17) is 11.0 Å². The molecule has 0 atom stereocenters. The number of hydrogen-bond donors (Lipinski definition) is 1. The average Bonchev–Trinajstić information content (AvgIpc) is 3.16. The first kappa shape index (κ1) is 22.0. The predicted octanol–water partition coefficient (Wildman–Crippen LogP) is 0.00238. The molecule has 0 saturated heterocycles. The lowest BCUT2D eigenvalue weighted by Gasteiger charge is -2.26. The third-order valence-corrected chi connectivity index (χ3v) is 9.37. The molecule has 2 N–H and O–H groups in total. The fourth-order valence-electron chi connectivity index (χ4n) is 3.80. The third-order valence-electron chi connectivity index (χ3n) is 5.09. The standard InChI is InChI=1S/C24H22N4P.HI/c25-17-10-18-28-24(26)23(19-27-28)29(20-11-4-1-5-12-20,21-13-6-2-7-14-21)22-15-8-3-9-16-22;/h1-9,11-16,19H,10,18,26H2;1H/q+1;/p-1. The lowest BCUT2D eigenvalue weighted by Crippen LogP contribution is -3.00. The number of nitrogens with zero attached hydrogens (tertiary/aromatic N) is 3. The van der Waals surface area contributed by atoms with E-state index >= 15 is 0 Å². The zero-order valence-corrected chi connectivity index (χ0v) is 19.4. The molecule has 4 rings (SSSR count). The average molecular weight is 524 g/mol. The first-order valence-corrected chi connectivity index (χ1v) is 11.3. The van der Waals surface area contributed by atoms with Crippen LogP contribution in [-0.2, 0) is 6.54 Å². The zero-order valence-electron chi connectivity index (χ0n) is 16.4. The number of nitrogen functional groups attached to an aromatic ring is 1. The number of nitrogens with two attached hydrogens (primary N) is 1. The number of halogens is 1. The number of hydrogen-bond acceptors (Lipinski definition) is 3. The Balaban J connectivity index is 0.00000256. The van der Waals surface area contributed by atoms with Gasteiger partial charge in [-0.3, -0.25) is 0 Å². The van der Waals surface area contributed by atoms with Crippen LogP contribution in [0.15, 0.2) is 97.2 Å². The van der Waals surface area contributed by atoms with E-state index < -0.39 is 7.26 Å². The molecule has 0 aliphatic carbocycles. The van der Waals surface area contributed by atoms with E-state index in [1.165, 1.54) is 15.9 Å². The molecule has 0 amide bonds. The number of aromatic nitrogens is 2. The molecule has 0 fully saturated rings. The molecule has 4 aromatic rings. The summed E-state index contributed by atoms with van der Waals surface area (Å²) in [5.41, 5.74) is 6.66. The van der Waals surface area contributed by atoms with Crippen molar-refractivity contribution in [2.24, 2.45) is 0 Å². The molecule has 4 nitrogen and oxygen atoms in total. The molecule has 0 spiro atoms. The van der Waals surface area contributed by atoms with Crippen LogP contribution in [0.25, 0.3) is 0 Å². The second-order valence-corrected chi connectivity index (χ2v) is 10.1. The van der Waals surface area contributed by atoms with E-state index in [9.17, 15) is 0 Å². The van der Waals surface area contributed by atoms with Crippen molar-refractivity contribution >= 4 is 34.3 Å². The van der Waals surface area contributed by atoms with Gasteiger partial charge in [0.05, 0.1) is 25.2 Å². The maximum Gasteiger partial charge on any atom is 0.171 e. The van der Waals surface area contributed by atoms with E-state index in [1.54, 1.807) is 4.68 Å². The minimum Gasteiger partial charge on any atom is -1.00 e. The molecule has 0 bridgehead atoms. The highest BCUT2D eigenvalue weighted by Crippen LogP contribution is 2.55. The summed E-state index contributed by atoms with van der Waals surface area (Å²) in [5.74, 6) is 0.630. The summed E-state index contributed by atoms with van der Waals surface area (Å²) < 4.78 is 1.75. The number of nitriles is 1. The summed E-state index contributed by atoms with van der Waals surface area (Å²) in [5, 5.41) is 18.3. The summed E-state index contributed by atoms with van der Waals surface area (Å²) in [6, 6.07) is 33.8. The van der Waals surface area contributed by atoms with Gasteiger partial charge in [-0.25, -0.2) is 4.68 Å². The van der Waals surface area contributed by atoms with E-state index in [2.05, 4.69) is 84.0 Å². The maximum atomic E-state index is 8.99. The molecule has 1 heterocycles. The van der Waals surface area contributed by atoms with E-state index in [0.717, 1.165) is 5.30 Å². The molecule has 30 heavy (non-hydrogen) atoms. The van der Waals surface area contributed by atoms with Crippen LogP contribution in [0.1, 0.15) is 6.42 Å². The predicted molar refractivity (Wildman–Crippen MR) is 122 cm³/mol. The van der Waals surface area contributed by atoms with Gasteiger partial charge in [0.1, 0.15) is 23.2 Å². The fraction of sp³-hybridized carbons (Fsp3) is 0.0833. The molecule has 0 unspecified atom stereocenters. The number of benzene rings is 3. The van der Waals surface area contributed by atoms with Gasteiger partial charge < -0.3 is 29.7 Å². The van der Waals surface area contributed by atoms with Crippen molar-refractivity contribution in [1.29, 1.82) is 5.26 Å². The summed E-state index contributed by atoms with van der Waals surface area (Å²) in [4.78, 5) is 0. The van der Waals surface area contributed by atoms with Crippen molar-refractivity contribution in [3.63, 3.8) is 0 Å². The maximum absolute atomic E-state index is 8.99. The Hall–Kier alpha value is -2.68. The topological polar surface area (TPSA) is 67.6 Å². The monoisotopic (exact) mass is 524 g/mol. The molecule has 0 aliphatic heterocycles. The molecule has 6 heteroatoms. The molecule has 0 aliphatic rings. The van der Waals surface area contributed by atoms with Crippen molar-refractivity contribution in [1.82, 2.24) is 9.78 Å². The van der Waals surface area contributed by atoms with Crippen LogP contribution in [0.2, 0.25) is 0 Å². The van der Waals surface area contributed by atoms with Crippen molar-refractivity contribution in [2.45, 2.75) is 13.0 Å². The Labute approximate surface area is 194 Å². The van der Waals surface area contributed by atoms with Gasteiger partial charge in [0.15, 0.2) is 11.1 Å². The van der Waals surface area contributed by atoms with Crippen LogP contribution in [0.4, 0.5) is 5.82 Å². The normalized spacial score (nSPS) is 10.8. The van der Waals surface area contributed by atoms with Crippen molar-refractivity contribution in [2.75, 3.05) is 5.73 Å². The first-order valence-electron chi connectivity index (χ1n) is 9.53. The Morgan fingerprint density at radius 2 is 1.23 bits per heavy atom. The van der Waals surface area contributed by atoms with Gasteiger partial charge in [-0.15, -0.1) is 0 Å². The highest BCUT2D eigenvalue weighted by atomic mass is 127. The Bertz CT molecular complexity index is 1030. The molecular weight excluding hydrogens is 502 g/mol. The Kier molecular flexibility index (Phi) is 7.25. The molecule has 0 saturated carbocycles. The zero-order chi connectivity index (χ0) is 20.1. The molecule has 1 aromatic heterocycles. The highest BCUT2D eigenvalue weighted by molar-refractivity contribution is 8.01. The van der Waals surface area contributed by atoms with Crippen LogP contribution >= 0.6 is 7.26 Å². The Morgan fingerprint density at radius 3 is 1.63 bits per heavy atom. The van der Waals surface area contributed by atoms with E-state index in [1.807, 2.05) is 24.4 Å². The number of rotatable bonds is 6. The van der Waals surface area contributed by atoms with Gasteiger partial charge in [-0.1, -0.05) is 54.6 Å². The third kappa shape index (κ3) is 3.86. The summed E-state index contributed by atoms with van der Waals surface area (Å²) >= 11 is 0. The van der Waals surface area contributed by atoms with Gasteiger partial charge in [-0.05, 0) is 36.4 Å². The second kappa shape index (κ2) is 9.88. The molecular formula is C24H22IN4P. The van der Waals surface area contributed by atoms with Crippen molar-refractivity contribution < 1.29 is 24.0 Å². The smallest absolute Gasteiger partial charge is 0.171 e. The lowest BCUT2D eigenvalue weighted by atomic mass is 10.4. The van der Waals surface area contributed by atoms with Crippen LogP contribution < -0.4 is 50.9 Å². The van der Waals surface area contributed by atoms with Gasteiger partial charge in [-0.2, -0.15) is 10.4 Å². The van der Waals surface area contributed by atoms with Crippen LogP contribution in [0, 0.1) is 11.3 Å². The van der Waals surface area contributed by atoms with Gasteiger partial charge in [0, 0.05) is 0 Å². The SMILES string of the molecule is N#CCCn1ncc([P+](c2ccccc2)(c2ccccc2)c2ccccc2)c1N.[I-]. The molecule has 3 aromatic carbocycles. The quantitative estimate of drug-likeness (QED) is 0.286. The van der Waals surface area contributed by atoms with Crippen LogP contribution in [-0.4, -0.2) is 9.78 Å². The van der Waals surface area contributed by atoms with Crippen LogP contribution in [0.5, 0.6) is 0 Å². The Morgan fingerprint density at radius 1 is 0.800 bits per heavy atom. The van der Waals surface area contributed by atoms with E-state index in [0.29, 0.717) is 18.8 Å². The first-order chi connectivity index (χ1) is 14.3.